The van der Waals surface area contributed by atoms with Crippen molar-refractivity contribution in [1.29, 1.82) is 0 Å². The lowest BCUT2D eigenvalue weighted by Gasteiger charge is -2.24. The van der Waals surface area contributed by atoms with Crippen LogP contribution in [0.15, 0.2) is 65.1 Å². The summed E-state index contributed by atoms with van der Waals surface area (Å²) in [5, 5.41) is 11.1. The van der Waals surface area contributed by atoms with E-state index in [0.717, 1.165) is 48.1 Å². The lowest BCUT2D eigenvalue weighted by molar-refractivity contribution is -0.384. The summed E-state index contributed by atoms with van der Waals surface area (Å²) in [6.45, 7) is 0. The fourth-order valence-corrected chi connectivity index (χ4v) is 5.57. The fourth-order valence-electron chi connectivity index (χ4n) is 5.57. The van der Waals surface area contributed by atoms with Crippen LogP contribution in [0.25, 0.3) is 45.0 Å². The van der Waals surface area contributed by atoms with Crippen molar-refractivity contribution in [1.82, 2.24) is 14.5 Å². The van der Waals surface area contributed by atoms with Gasteiger partial charge in [-0.1, -0.05) is 38.2 Å². The Bertz CT molecular complexity index is 1680. The molecule has 198 valence electrons. The minimum Gasteiger partial charge on any atom is -0.465 e. The molecule has 0 aliphatic heterocycles. The summed E-state index contributed by atoms with van der Waals surface area (Å²) < 4.78 is 13.5. The molecule has 0 atom stereocenters. The minimum atomic E-state index is -0.431. The van der Waals surface area contributed by atoms with Gasteiger partial charge in [-0.25, -0.2) is 14.8 Å². The first-order valence-corrected chi connectivity index (χ1v) is 13.3. The number of ether oxygens (including phenoxy) is 1. The van der Waals surface area contributed by atoms with Gasteiger partial charge in [0.1, 0.15) is 11.3 Å². The number of benzene rings is 3. The summed E-state index contributed by atoms with van der Waals surface area (Å²) in [5.74, 6) is 0.757. The van der Waals surface area contributed by atoms with E-state index in [1.807, 2.05) is 24.3 Å². The molecule has 0 unspecified atom stereocenters. The first kappa shape index (κ1) is 24.8. The zero-order valence-corrected chi connectivity index (χ0v) is 21.6. The standard InChI is InChI=1S/C30H28N4O5/c1-38-30(35)20-14-17-26-25(18-20)31-28(33(26)21-8-5-3-2-4-6-9-21)23-10-7-11-24-27(23)39-29(32-24)19-12-15-22(16-13-19)34(36)37/h7,10-18,21H,2-6,8-9H2,1H3. The number of para-hydroxylation sites is 1. The lowest BCUT2D eigenvalue weighted by Crippen LogP contribution is -2.12. The normalized spacial score (nSPS) is 14.8. The number of imidazole rings is 1. The Kier molecular flexibility index (Phi) is 6.56. The van der Waals surface area contributed by atoms with Crippen LogP contribution >= 0.6 is 0 Å². The number of nitro benzene ring substituents is 1. The number of esters is 1. The number of fused-ring (bicyclic) bond motifs is 2. The molecule has 0 N–H and O–H groups in total. The average molecular weight is 525 g/mol. The van der Waals surface area contributed by atoms with Crippen LogP contribution < -0.4 is 0 Å². The number of carbonyl (C=O) groups is 1. The predicted molar refractivity (Wildman–Crippen MR) is 148 cm³/mol. The van der Waals surface area contributed by atoms with E-state index < -0.39 is 10.9 Å². The van der Waals surface area contributed by atoms with Crippen molar-refractivity contribution >= 4 is 33.8 Å². The molecule has 9 nitrogen and oxygen atoms in total. The quantitative estimate of drug-likeness (QED) is 0.133. The number of methoxy groups -OCH3 is 1. The third kappa shape index (κ3) is 4.65. The van der Waals surface area contributed by atoms with Crippen LogP contribution in [0.3, 0.4) is 0 Å². The maximum atomic E-state index is 12.3. The molecule has 39 heavy (non-hydrogen) atoms. The smallest absolute Gasteiger partial charge is 0.337 e. The Balaban J connectivity index is 1.51. The van der Waals surface area contributed by atoms with Gasteiger partial charge in [0.2, 0.25) is 5.89 Å². The second kappa shape index (κ2) is 10.3. The predicted octanol–water partition coefficient (Wildman–Crippen LogP) is 7.49. The number of rotatable bonds is 5. The highest BCUT2D eigenvalue weighted by atomic mass is 16.6. The summed E-state index contributed by atoms with van der Waals surface area (Å²) in [7, 11) is 1.37. The van der Waals surface area contributed by atoms with Crippen LogP contribution in [0, 0.1) is 10.1 Å². The number of hydrogen-bond acceptors (Lipinski definition) is 7. The number of nitrogens with zero attached hydrogens (tertiary/aromatic N) is 4. The summed E-state index contributed by atoms with van der Waals surface area (Å²) in [5.41, 5.74) is 4.89. The van der Waals surface area contributed by atoms with Gasteiger partial charge >= 0.3 is 5.97 Å². The van der Waals surface area contributed by atoms with Crippen LogP contribution in [-0.2, 0) is 4.74 Å². The van der Waals surface area contributed by atoms with Gasteiger partial charge in [-0.05, 0) is 55.3 Å². The van der Waals surface area contributed by atoms with E-state index in [9.17, 15) is 14.9 Å². The Labute approximate surface area is 224 Å². The minimum absolute atomic E-state index is 0.00907. The highest BCUT2D eigenvalue weighted by molar-refractivity contribution is 5.96. The second-order valence-corrected chi connectivity index (χ2v) is 9.98. The SMILES string of the molecule is COC(=O)c1ccc2c(c1)nc(-c1cccc3nc(-c4ccc([N+](=O)[O-])cc4)oc13)n2C1CCCCCCC1. The highest BCUT2D eigenvalue weighted by Crippen LogP contribution is 2.38. The van der Waals surface area contributed by atoms with Gasteiger partial charge in [0.25, 0.3) is 5.69 Å². The summed E-state index contributed by atoms with van der Waals surface area (Å²) in [6, 6.07) is 17.8. The number of oxazole rings is 1. The number of hydrogen-bond donors (Lipinski definition) is 0. The van der Waals surface area contributed by atoms with Gasteiger partial charge in [0.15, 0.2) is 5.58 Å². The van der Waals surface area contributed by atoms with E-state index in [1.54, 1.807) is 24.3 Å². The van der Waals surface area contributed by atoms with Crippen LogP contribution in [0.4, 0.5) is 5.69 Å². The van der Waals surface area contributed by atoms with Crippen LogP contribution in [0.1, 0.15) is 61.3 Å². The van der Waals surface area contributed by atoms with E-state index in [1.165, 1.54) is 38.5 Å². The van der Waals surface area contributed by atoms with Crippen LogP contribution in [-0.4, -0.2) is 32.5 Å². The zero-order valence-electron chi connectivity index (χ0n) is 21.6. The molecular formula is C30H28N4O5. The highest BCUT2D eigenvalue weighted by Gasteiger charge is 2.25. The monoisotopic (exact) mass is 524 g/mol. The van der Waals surface area contributed by atoms with Gasteiger partial charge in [-0.2, -0.15) is 0 Å². The molecular weight excluding hydrogens is 496 g/mol. The molecule has 0 saturated heterocycles. The van der Waals surface area contributed by atoms with Crippen molar-refractivity contribution in [2.45, 2.75) is 51.0 Å². The second-order valence-electron chi connectivity index (χ2n) is 9.98. The molecule has 1 saturated carbocycles. The van der Waals surface area contributed by atoms with Crippen molar-refractivity contribution in [3.05, 3.63) is 76.3 Å². The van der Waals surface area contributed by atoms with Gasteiger partial charge in [-0.15, -0.1) is 0 Å². The molecule has 1 fully saturated rings. The molecule has 0 spiro atoms. The van der Waals surface area contributed by atoms with E-state index in [4.69, 9.17) is 14.1 Å². The molecule has 5 aromatic rings. The summed E-state index contributed by atoms with van der Waals surface area (Å²) in [6.07, 6.45) is 8.13. The molecule has 0 radical (unpaired) electrons. The summed E-state index contributed by atoms with van der Waals surface area (Å²) in [4.78, 5) is 32.6. The van der Waals surface area contributed by atoms with Crippen molar-refractivity contribution < 1.29 is 18.9 Å². The largest absolute Gasteiger partial charge is 0.465 e. The molecule has 6 rings (SSSR count). The van der Waals surface area contributed by atoms with Crippen molar-refractivity contribution in [2.24, 2.45) is 0 Å². The lowest BCUT2D eigenvalue weighted by atomic mass is 9.96. The van der Waals surface area contributed by atoms with Crippen LogP contribution in [0.2, 0.25) is 0 Å². The Morgan fingerprint density at radius 3 is 2.44 bits per heavy atom. The van der Waals surface area contributed by atoms with Crippen molar-refractivity contribution in [3.63, 3.8) is 0 Å². The topological polar surface area (TPSA) is 113 Å². The van der Waals surface area contributed by atoms with E-state index in [-0.39, 0.29) is 11.7 Å². The molecule has 0 bridgehead atoms. The maximum Gasteiger partial charge on any atom is 0.337 e. The van der Waals surface area contributed by atoms with E-state index in [2.05, 4.69) is 9.55 Å². The molecule has 1 aliphatic rings. The fraction of sp³-hybridized carbons (Fsp3) is 0.300. The summed E-state index contributed by atoms with van der Waals surface area (Å²) >= 11 is 0. The molecule has 0 amide bonds. The van der Waals surface area contributed by atoms with Gasteiger partial charge in [0, 0.05) is 23.7 Å². The molecule has 1 aliphatic carbocycles. The van der Waals surface area contributed by atoms with Gasteiger partial charge in [0.05, 0.1) is 34.2 Å². The first-order valence-electron chi connectivity index (χ1n) is 13.3. The van der Waals surface area contributed by atoms with Crippen molar-refractivity contribution in [2.75, 3.05) is 7.11 Å². The Morgan fingerprint density at radius 1 is 0.974 bits per heavy atom. The Morgan fingerprint density at radius 2 is 1.72 bits per heavy atom. The first-order chi connectivity index (χ1) is 19.0. The number of nitro groups is 1. The number of non-ortho nitro benzene ring substituents is 1. The third-order valence-corrected chi connectivity index (χ3v) is 7.53. The molecule has 2 heterocycles. The number of carbonyl (C=O) groups excluding carboxylic acids is 1. The van der Waals surface area contributed by atoms with E-state index >= 15 is 0 Å². The third-order valence-electron chi connectivity index (χ3n) is 7.53. The Hall–Kier alpha value is -4.53. The number of aromatic nitrogens is 3. The zero-order chi connectivity index (χ0) is 26.9. The van der Waals surface area contributed by atoms with E-state index in [0.29, 0.717) is 28.1 Å². The molecule has 9 heteroatoms. The van der Waals surface area contributed by atoms with Crippen molar-refractivity contribution in [3.8, 4) is 22.8 Å². The van der Waals surface area contributed by atoms with Gasteiger partial charge in [-0.3, -0.25) is 10.1 Å². The average Bonchev–Trinajstić information content (AvgIpc) is 3.54. The maximum absolute atomic E-state index is 12.3. The van der Waals surface area contributed by atoms with Crippen LogP contribution in [0.5, 0.6) is 0 Å². The van der Waals surface area contributed by atoms with Gasteiger partial charge < -0.3 is 13.7 Å². The molecule has 2 aromatic heterocycles. The molecule has 3 aromatic carbocycles.